The highest BCUT2D eigenvalue weighted by atomic mass is 16.3. The molecule has 13 aromatic carbocycles. The van der Waals surface area contributed by atoms with E-state index in [1.807, 2.05) is 36.4 Å². The van der Waals surface area contributed by atoms with Gasteiger partial charge in [0.25, 0.3) is 0 Å². The number of aryl methyl sites for hydroxylation is 1. The zero-order chi connectivity index (χ0) is 52.7. The van der Waals surface area contributed by atoms with E-state index in [1.165, 1.54) is 27.8 Å². The predicted molar refractivity (Wildman–Crippen MR) is 326 cm³/mol. The van der Waals surface area contributed by atoms with Crippen LogP contribution < -0.4 is 0 Å². The van der Waals surface area contributed by atoms with Gasteiger partial charge in [-0.2, -0.15) is 0 Å². The first-order valence-electron chi connectivity index (χ1n) is 26.4. The smallest absolute Gasteiger partial charge is 0.115 e. The van der Waals surface area contributed by atoms with Gasteiger partial charge >= 0.3 is 0 Å². The fraction of sp³-hybridized carbons (Fsp3) is 0.0133. The van der Waals surface area contributed by atoms with Crippen LogP contribution in [0.2, 0.25) is 0 Å². The second kappa shape index (κ2) is 20.1. The van der Waals surface area contributed by atoms with Crippen molar-refractivity contribution in [2.45, 2.75) is 6.92 Å². The number of benzene rings is 13. The molecule has 0 aliphatic heterocycles. The van der Waals surface area contributed by atoms with Crippen LogP contribution in [0, 0.1) is 6.92 Å². The second-order valence-corrected chi connectivity index (χ2v) is 20.3. The van der Waals surface area contributed by atoms with Crippen molar-refractivity contribution in [2.24, 2.45) is 0 Å². The van der Waals surface area contributed by atoms with E-state index in [4.69, 9.17) is 0 Å². The van der Waals surface area contributed by atoms with E-state index >= 15 is 0 Å². The molecule has 3 nitrogen and oxygen atoms in total. The van der Waals surface area contributed by atoms with E-state index < -0.39 is 0 Å². The highest BCUT2D eigenvalue weighted by Crippen LogP contribution is 2.47. The molecule has 0 saturated carbocycles. The molecule has 3 heteroatoms. The van der Waals surface area contributed by atoms with Gasteiger partial charge in [0.1, 0.15) is 17.2 Å². The van der Waals surface area contributed by atoms with Gasteiger partial charge in [-0.15, -0.1) is 0 Å². The summed E-state index contributed by atoms with van der Waals surface area (Å²) in [6.45, 7) is 2.12. The summed E-state index contributed by atoms with van der Waals surface area (Å²) < 4.78 is 0. The lowest BCUT2D eigenvalue weighted by molar-refractivity contribution is 0.475. The first-order valence-corrected chi connectivity index (χ1v) is 26.4. The summed E-state index contributed by atoms with van der Waals surface area (Å²) in [6, 6.07) is 97.7. The van der Waals surface area contributed by atoms with Crippen LogP contribution in [0.4, 0.5) is 0 Å². The van der Waals surface area contributed by atoms with Crippen LogP contribution in [0.5, 0.6) is 17.2 Å². The molecule has 0 aliphatic carbocycles. The Labute approximate surface area is 454 Å². The first kappa shape index (κ1) is 47.5. The normalized spacial score (nSPS) is 11.3. The Morgan fingerprint density at radius 2 is 0.346 bits per heavy atom. The van der Waals surface area contributed by atoms with Crippen LogP contribution in [0.1, 0.15) is 5.56 Å². The number of hydrogen-bond donors (Lipinski definition) is 3. The molecule has 0 saturated heterocycles. The Kier molecular flexibility index (Phi) is 12.3. The highest BCUT2D eigenvalue weighted by molar-refractivity contribution is 6.22. The largest absolute Gasteiger partial charge is 0.508 e. The number of aromatic hydroxyl groups is 3. The van der Waals surface area contributed by atoms with Gasteiger partial charge in [0, 0.05) is 0 Å². The van der Waals surface area contributed by atoms with E-state index in [-0.39, 0.29) is 17.2 Å². The van der Waals surface area contributed by atoms with Crippen LogP contribution >= 0.6 is 0 Å². The molecule has 0 atom stereocenters. The van der Waals surface area contributed by atoms with Gasteiger partial charge in [-0.05, 0) is 213 Å². The van der Waals surface area contributed by atoms with Gasteiger partial charge in [0.2, 0.25) is 0 Å². The molecule has 0 spiro atoms. The number of phenolic OH excluding ortho intramolecular Hbond substituents is 3. The van der Waals surface area contributed by atoms with Crippen LogP contribution in [-0.4, -0.2) is 15.3 Å². The minimum absolute atomic E-state index is 0.247. The minimum Gasteiger partial charge on any atom is -0.508 e. The average molecular weight is 1000 g/mol. The summed E-state index contributed by atoms with van der Waals surface area (Å²) in [5, 5.41) is 34.7. The number of fused-ring (bicyclic) bond motifs is 2. The summed E-state index contributed by atoms with van der Waals surface area (Å²) in [5.41, 5.74) is 23.4. The third-order valence-electron chi connectivity index (χ3n) is 15.2. The maximum atomic E-state index is 10.0. The van der Waals surface area contributed by atoms with Crippen molar-refractivity contribution in [1.82, 2.24) is 0 Å². The van der Waals surface area contributed by atoms with Crippen LogP contribution in [0.3, 0.4) is 0 Å². The molecule has 0 heterocycles. The molecule has 0 aliphatic rings. The SMILES string of the molecule is Cc1ccc(-c2ccc(-c3cc(-c4ccc(-c5ccc(O)cc5)cc4)cc(-c4c5ccccc5c(-c5cc(-c6ccc(-c7ccc(O)cc7)cc6)cc(-c6ccc(-c7ccc(O)cc7)cc6)c5)c5ccccc45)c3)cc2)cc1. The van der Waals surface area contributed by atoms with Gasteiger partial charge in [0.05, 0.1) is 0 Å². The molecule has 78 heavy (non-hydrogen) atoms. The Morgan fingerprint density at radius 1 is 0.179 bits per heavy atom. The molecule has 0 amide bonds. The summed E-state index contributed by atoms with van der Waals surface area (Å²) in [7, 11) is 0. The highest BCUT2D eigenvalue weighted by Gasteiger charge is 2.20. The van der Waals surface area contributed by atoms with E-state index in [0.717, 1.165) is 111 Å². The Bertz CT molecular complexity index is 3760. The quantitative estimate of drug-likeness (QED) is 0.120. The lowest BCUT2D eigenvalue weighted by atomic mass is 9.83. The van der Waals surface area contributed by atoms with Crippen molar-refractivity contribution in [3.05, 3.63) is 285 Å². The molecule has 0 unspecified atom stereocenters. The third-order valence-corrected chi connectivity index (χ3v) is 15.2. The van der Waals surface area contributed by atoms with Crippen molar-refractivity contribution < 1.29 is 15.3 Å². The second-order valence-electron chi connectivity index (χ2n) is 20.3. The number of rotatable bonds is 10. The van der Waals surface area contributed by atoms with Gasteiger partial charge in [-0.1, -0.05) is 212 Å². The fourth-order valence-electron chi connectivity index (χ4n) is 11.1. The minimum atomic E-state index is 0.247. The monoisotopic (exact) mass is 1000 g/mol. The molecule has 13 rings (SSSR count). The van der Waals surface area contributed by atoms with Crippen molar-refractivity contribution in [3.8, 4) is 129 Å². The van der Waals surface area contributed by atoms with Crippen molar-refractivity contribution in [3.63, 3.8) is 0 Å². The van der Waals surface area contributed by atoms with Gasteiger partial charge in [-0.25, -0.2) is 0 Å². The van der Waals surface area contributed by atoms with Gasteiger partial charge in [-0.3, -0.25) is 0 Å². The summed E-state index contributed by atoms with van der Waals surface area (Å²) >= 11 is 0. The van der Waals surface area contributed by atoms with Crippen molar-refractivity contribution in [1.29, 1.82) is 0 Å². The first-order chi connectivity index (χ1) is 38.2. The van der Waals surface area contributed by atoms with E-state index in [2.05, 4.69) is 213 Å². The molecule has 0 aromatic heterocycles. The summed E-state index contributed by atoms with van der Waals surface area (Å²) in [5.74, 6) is 0.744. The molecule has 0 fully saturated rings. The Hall–Kier alpha value is -10.2. The topological polar surface area (TPSA) is 60.7 Å². The molecule has 13 aromatic rings. The lowest BCUT2D eigenvalue weighted by Crippen LogP contribution is -1.93. The van der Waals surface area contributed by atoms with Gasteiger partial charge in [0.15, 0.2) is 0 Å². The van der Waals surface area contributed by atoms with Crippen LogP contribution in [0.25, 0.3) is 133 Å². The van der Waals surface area contributed by atoms with Crippen molar-refractivity contribution >= 4 is 21.5 Å². The molecule has 3 N–H and O–H groups in total. The Morgan fingerprint density at radius 3 is 0.564 bits per heavy atom. The van der Waals surface area contributed by atoms with E-state index in [0.29, 0.717) is 0 Å². The predicted octanol–water partition coefficient (Wildman–Crippen LogP) is 20.1. The molecular weight excluding hydrogens is 949 g/mol. The zero-order valence-corrected chi connectivity index (χ0v) is 42.9. The summed E-state index contributed by atoms with van der Waals surface area (Å²) in [6.07, 6.45) is 0. The standard InChI is InChI=1S/C75H52O3/c1-48-10-12-49(13-11-48)50-14-22-57(23-15-50)61-42-62(58-24-16-51(17-25-58)54-30-36-67(76)37-31-54)45-65(44-61)74-70-6-2-4-8-72(70)75(73-9-5-3-7-71(73)74)66-46-63(59-26-18-52(19-27-59)55-32-38-68(77)39-33-55)43-64(47-66)60-28-20-53(21-29-60)56-34-40-69(78)41-35-56/h2-47,76-78H,1H3. The Balaban J connectivity index is 0.988. The van der Waals surface area contributed by atoms with E-state index in [1.54, 1.807) is 36.4 Å². The van der Waals surface area contributed by atoms with Crippen LogP contribution in [0.15, 0.2) is 279 Å². The zero-order valence-electron chi connectivity index (χ0n) is 42.9. The maximum Gasteiger partial charge on any atom is 0.115 e. The summed E-state index contributed by atoms with van der Waals surface area (Å²) in [4.78, 5) is 0. The van der Waals surface area contributed by atoms with Gasteiger partial charge < -0.3 is 15.3 Å². The van der Waals surface area contributed by atoms with E-state index in [9.17, 15) is 15.3 Å². The molecule has 0 bridgehead atoms. The third kappa shape index (κ3) is 9.35. The number of hydrogen-bond acceptors (Lipinski definition) is 3. The molecular formula is C75H52O3. The van der Waals surface area contributed by atoms with Crippen molar-refractivity contribution in [2.75, 3.05) is 0 Å². The number of phenols is 3. The fourth-order valence-corrected chi connectivity index (χ4v) is 11.1. The average Bonchev–Trinajstić information content (AvgIpc) is 3.68. The molecule has 370 valence electrons. The lowest BCUT2D eigenvalue weighted by Gasteiger charge is -2.20. The molecule has 0 radical (unpaired) electrons. The maximum absolute atomic E-state index is 10.0. The van der Waals surface area contributed by atoms with Crippen LogP contribution in [-0.2, 0) is 0 Å².